The molecule has 1 unspecified atom stereocenters. The van der Waals surface area contributed by atoms with Gasteiger partial charge in [-0.2, -0.15) is 0 Å². The summed E-state index contributed by atoms with van der Waals surface area (Å²) in [5.74, 6) is 0.0919. The lowest BCUT2D eigenvalue weighted by molar-refractivity contribution is -0.135. The molecule has 102 valence electrons. The molecule has 7 heteroatoms. The van der Waals surface area contributed by atoms with E-state index < -0.39 is 0 Å². The van der Waals surface area contributed by atoms with E-state index in [4.69, 9.17) is 4.74 Å². The van der Waals surface area contributed by atoms with Crippen LogP contribution in [0.3, 0.4) is 0 Å². The minimum Gasteiger partial charge on any atom is -0.378 e. The van der Waals surface area contributed by atoms with Crippen LogP contribution < -0.4 is 5.32 Å². The molecule has 0 radical (unpaired) electrons. The Morgan fingerprint density at radius 1 is 1.67 bits per heavy atom. The van der Waals surface area contributed by atoms with Crippen molar-refractivity contribution in [3.8, 4) is 0 Å². The number of carbonyl (C=O) groups is 1. The molecule has 1 amide bonds. The third-order valence-corrected chi connectivity index (χ3v) is 4.23. The molecule has 0 aromatic carbocycles. The number of thiophene rings is 1. The van der Waals surface area contributed by atoms with E-state index in [1.54, 1.807) is 16.2 Å². The van der Waals surface area contributed by atoms with Crippen LogP contribution in [-0.2, 0) is 16.1 Å². The number of halogens is 2. The van der Waals surface area contributed by atoms with E-state index in [9.17, 15) is 4.79 Å². The van der Waals surface area contributed by atoms with Gasteiger partial charge in [0.2, 0.25) is 5.91 Å². The second kappa shape index (κ2) is 7.45. The highest BCUT2D eigenvalue weighted by molar-refractivity contribution is 9.11. The van der Waals surface area contributed by atoms with Crippen LogP contribution in [0.25, 0.3) is 0 Å². The highest BCUT2D eigenvalue weighted by atomic mass is 79.9. The van der Waals surface area contributed by atoms with Gasteiger partial charge < -0.3 is 15.0 Å². The lowest BCUT2D eigenvalue weighted by Gasteiger charge is -2.27. The summed E-state index contributed by atoms with van der Waals surface area (Å²) in [5.41, 5.74) is 0. The van der Waals surface area contributed by atoms with E-state index in [0.29, 0.717) is 19.8 Å². The average molecular weight is 356 g/mol. The number of hydrogen-bond donors (Lipinski definition) is 1. The summed E-state index contributed by atoms with van der Waals surface area (Å²) >= 11 is 5.07. The van der Waals surface area contributed by atoms with Gasteiger partial charge in [-0.1, -0.05) is 0 Å². The summed E-state index contributed by atoms with van der Waals surface area (Å²) in [6.07, 6.45) is 0. The first-order chi connectivity index (χ1) is 8.16. The first-order valence-electron chi connectivity index (χ1n) is 5.47. The van der Waals surface area contributed by atoms with E-state index in [2.05, 4.69) is 21.2 Å². The molecule has 0 bridgehead atoms. The molecule has 1 fully saturated rings. The quantitative estimate of drug-likeness (QED) is 0.900. The first-order valence-corrected chi connectivity index (χ1v) is 7.08. The van der Waals surface area contributed by atoms with Gasteiger partial charge in [-0.05, 0) is 28.1 Å². The van der Waals surface area contributed by atoms with Crippen LogP contribution in [0.1, 0.15) is 4.88 Å². The summed E-state index contributed by atoms with van der Waals surface area (Å²) in [4.78, 5) is 15.0. The van der Waals surface area contributed by atoms with Gasteiger partial charge in [0.1, 0.15) is 6.04 Å². The SMILES string of the molecule is CN(Cc1ccc(Br)s1)C(=O)C1COCCN1.Cl. The average Bonchev–Trinajstić information content (AvgIpc) is 2.75. The third kappa shape index (κ3) is 4.20. The summed E-state index contributed by atoms with van der Waals surface area (Å²) in [7, 11) is 1.83. The predicted molar refractivity (Wildman–Crippen MR) is 78.4 cm³/mol. The Morgan fingerprint density at radius 3 is 3.00 bits per heavy atom. The molecule has 1 aliphatic heterocycles. The summed E-state index contributed by atoms with van der Waals surface area (Å²) in [6.45, 7) is 2.55. The second-order valence-corrected chi connectivity index (χ2v) is 6.53. The molecule has 2 heterocycles. The van der Waals surface area contributed by atoms with Crippen LogP contribution in [0, 0.1) is 0 Å². The van der Waals surface area contributed by atoms with Crippen molar-refractivity contribution in [1.29, 1.82) is 0 Å². The lowest BCUT2D eigenvalue weighted by Crippen LogP contribution is -2.51. The molecule has 18 heavy (non-hydrogen) atoms. The standard InChI is InChI=1S/C11H15BrN2O2S.ClH/c1-14(6-8-2-3-10(12)17-8)11(15)9-7-16-5-4-13-9;/h2-3,9,13H,4-7H2,1H3;1H. The normalized spacial score (nSPS) is 19.1. The van der Waals surface area contributed by atoms with Crippen molar-refractivity contribution in [1.82, 2.24) is 10.2 Å². The fourth-order valence-corrected chi connectivity index (χ4v) is 3.28. The first kappa shape index (κ1) is 15.9. The maximum atomic E-state index is 12.1. The zero-order chi connectivity index (χ0) is 12.3. The van der Waals surface area contributed by atoms with Crippen molar-refractivity contribution in [3.63, 3.8) is 0 Å². The van der Waals surface area contributed by atoms with E-state index in [1.807, 2.05) is 19.2 Å². The fraction of sp³-hybridized carbons (Fsp3) is 0.545. The van der Waals surface area contributed by atoms with Gasteiger partial charge in [0, 0.05) is 18.5 Å². The van der Waals surface area contributed by atoms with Crippen molar-refractivity contribution in [2.75, 3.05) is 26.8 Å². The van der Waals surface area contributed by atoms with Crippen LogP contribution in [0.15, 0.2) is 15.9 Å². The van der Waals surface area contributed by atoms with Gasteiger partial charge in [-0.15, -0.1) is 23.7 Å². The second-order valence-electron chi connectivity index (χ2n) is 3.98. The third-order valence-electron chi connectivity index (χ3n) is 2.62. The topological polar surface area (TPSA) is 41.6 Å². The molecule has 0 spiro atoms. The van der Waals surface area contributed by atoms with Gasteiger partial charge in [-0.3, -0.25) is 4.79 Å². The van der Waals surface area contributed by atoms with Crippen LogP contribution in [0.5, 0.6) is 0 Å². The molecule has 1 aromatic heterocycles. The minimum absolute atomic E-state index is 0. The summed E-state index contributed by atoms with van der Waals surface area (Å²) in [6, 6.07) is 3.83. The molecule has 4 nitrogen and oxygen atoms in total. The van der Waals surface area contributed by atoms with Crippen molar-refractivity contribution in [3.05, 3.63) is 20.8 Å². The number of morpholine rings is 1. The Balaban J connectivity index is 0.00000162. The van der Waals surface area contributed by atoms with E-state index >= 15 is 0 Å². The van der Waals surface area contributed by atoms with Gasteiger partial charge >= 0.3 is 0 Å². The maximum Gasteiger partial charge on any atom is 0.242 e. The number of carbonyl (C=O) groups excluding carboxylic acids is 1. The van der Waals surface area contributed by atoms with Crippen LogP contribution in [0.4, 0.5) is 0 Å². The predicted octanol–water partition coefficient (Wildman–Crippen LogP) is 1.88. The Morgan fingerprint density at radius 2 is 2.44 bits per heavy atom. The van der Waals surface area contributed by atoms with Gasteiger partial charge in [-0.25, -0.2) is 0 Å². The molecular weight excluding hydrogens is 340 g/mol. The monoisotopic (exact) mass is 354 g/mol. The molecule has 0 aliphatic carbocycles. The number of likely N-dealkylation sites (N-methyl/N-ethyl adjacent to an activating group) is 1. The summed E-state index contributed by atoms with van der Waals surface area (Å²) in [5, 5.41) is 3.17. The smallest absolute Gasteiger partial charge is 0.242 e. The molecule has 1 aromatic rings. The van der Waals surface area contributed by atoms with Gasteiger partial charge in [0.05, 0.1) is 23.5 Å². The summed E-state index contributed by atoms with van der Waals surface area (Å²) < 4.78 is 6.38. The highest BCUT2D eigenvalue weighted by Crippen LogP contribution is 2.23. The van der Waals surface area contributed by atoms with E-state index in [1.165, 1.54) is 4.88 Å². The van der Waals surface area contributed by atoms with Crippen LogP contribution >= 0.6 is 39.7 Å². The van der Waals surface area contributed by atoms with Crippen molar-refractivity contribution >= 4 is 45.6 Å². The molecular formula is C11H16BrClN2O2S. The van der Waals surface area contributed by atoms with Crippen LogP contribution in [0.2, 0.25) is 0 Å². The zero-order valence-electron chi connectivity index (χ0n) is 10.0. The molecule has 1 N–H and O–H groups in total. The lowest BCUT2D eigenvalue weighted by atomic mass is 10.2. The molecule has 1 aliphatic rings. The van der Waals surface area contributed by atoms with E-state index in [-0.39, 0.29) is 24.4 Å². The van der Waals surface area contributed by atoms with Gasteiger partial charge in [0.25, 0.3) is 0 Å². The van der Waals surface area contributed by atoms with E-state index in [0.717, 1.165) is 10.3 Å². The zero-order valence-corrected chi connectivity index (χ0v) is 13.2. The Labute approximate surface area is 125 Å². The van der Waals surface area contributed by atoms with Crippen molar-refractivity contribution in [2.24, 2.45) is 0 Å². The largest absolute Gasteiger partial charge is 0.378 e. The Bertz CT molecular complexity index is 396. The molecule has 0 saturated carbocycles. The number of amides is 1. The number of nitrogens with zero attached hydrogens (tertiary/aromatic N) is 1. The fourth-order valence-electron chi connectivity index (χ4n) is 1.74. The number of hydrogen-bond acceptors (Lipinski definition) is 4. The minimum atomic E-state index is -0.197. The highest BCUT2D eigenvalue weighted by Gasteiger charge is 2.24. The number of nitrogens with one attached hydrogen (secondary N) is 1. The van der Waals surface area contributed by atoms with Crippen LogP contribution in [-0.4, -0.2) is 43.7 Å². The Kier molecular flexibility index (Phi) is 6.59. The molecule has 1 saturated heterocycles. The number of rotatable bonds is 3. The maximum absolute atomic E-state index is 12.1. The molecule has 2 rings (SSSR count). The molecule has 1 atom stereocenters. The van der Waals surface area contributed by atoms with Gasteiger partial charge in [0.15, 0.2) is 0 Å². The number of ether oxygens (including phenoxy) is 1. The van der Waals surface area contributed by atoms with Crippen molar-refractivity contribution < 1.29 is 9.53 Å². The Hall–Kier alpha value is -0.140. The van der Waals surface area contributed by atoms with Crippen molar-refractivity contribution in [2.45, 2.75) is 12.6 Å².